The van der Waals surface area contributed by atoms with Gasteiger partial charge in [-0.05, 0) is 0 Å². The summed E-state index contributed by atoms with van der Waals surface area (Å²) in [4.78, 5) is 0. The first kappa shape index (κ1) is 14.7. The summed E-state index contributed by atoms with van der Waals surface area (Å²) in [6, 6.07) is 20.0. The van der Waals surface area contributed by atoms with Crippen molar-refractivity contribution in [3.8, 4) is 0 Å². The summed E-state index contributed by atoms with van der Waals surface area (Å²) >= 11 is 0. The Balaban J connectivity index is 0. The Labute approximate surface area is 89.2 Å². The van der Waals surface area contributed by atoms with E-state index in [0.717, 1.165) is 0 Å². The van der Waals surface area contributed by atoms with Crippen molar-refractivity contribution >= 4 is 0 Å². The average Bonchev–Trinajstić information content (AvgIpc) is 2.87. The van der Waals surface area contributed by atoms with Crippen LogP contribution in [-0.2, 0) is 17.1 Å². The van der Waals surface area contributed by atoms with Crippen molar-refractivity contribution in [2.24, 2.45) is 5.90 Å². The fourth-order valence-electron chi connectivity index (χ4n) is 0.642. The molecule has 0 heterocycles. The van der Waals surface area contributed by atoms with Gasteiger partial charge in [-0.1, -0.05) is 0 Å². The van der Waals surface area contributed by atoms with Gasteiger partial charge < -0.3 is 35.5 Å². The second kappa shape index (κ2) is 13.7. The van der Waals surface area contributed by atoms with Gasteiger partial charge in [0, 0.05) is 17.1 Å². The molecule has 78 valence electrons. The minimum Gasteiger partial charge on any atom is -0.748 e. The van der Waals surface area contributed by atoms with E-state index in [1.165, 1.54) is 0 Å². The molecule has 0 saturated carbocycles. The molecular formula is C10H13FeNO-6. The maximum atomic E-state index is 6.50. The van der Waals surface area contributed by atoms with Crippen molar-refractivity contribution in [3.05, 3.63) is 60.7 Å². The molecule has 3 heteroatoms. The molecule has 2 rings (SSSR count). The first-order valence-electron chi connectivity index (χ1n) is 3.59. The first-order chi connectivity index (χ1) is 6.00. The molecule has 3 N–H and O–H groups in total. The maximum absolute atomic E-state index is 6.50. The van der Waals surface area contributed by atoms with Gasteiger partial charge in [-0.15, -0.1) is 0 Å². The third-order valence-electron chi connectivity index (χ3n) is 1.11. The largest absolute Gasteiger partial charge is 0.748 e. The van der Waals surface area contributed by atoms with Crippen LogP contribution in [0.25, 0.3) is 0 Å². The van der Waals surface area contributed by atoms with E-state index in [2.05, 4.69) is 5.90 Å². The van der Waals surface area contributed by atoms with E-state index in [4.69, 9.17) is 5.21 Å². The standard InChI is InChI=1S/2C5H5.Fe.H3NO/c2*1-2-4-5-3-1;;1-2/h2*1-5H;;2H,1H2/q-5;-1;;. The molecule has 0 aliphatic rings. The van der Waals surface area contributed by atoms with Crippen LogP contribution >= 0.6 is 0 Å². The van der Waals surface area contributed by atoms with Crippen LogP contribution in [0.4, 0.5) is 0 Å². The Morgan fingerprint density at radius 1 is 0.769 bits per heavy atom. The summed E-state index contributed by atoms with van der Waals surface area (Å²) in [7, 11) is 0. The van der Waals surface area contributed by atoms with Crippen LogP contribution in [0.1, 0.15) is 0 Å². The number of nitrogens with two attached hydrogens (primary N) is 1. The summed E-state index contributed by atoms with van der Waals surface area (Å²) < 4.78 is 0. The quantitative estimate of drug-likeness (QED) is 0.405. The van der Waals surface area contributed by atoms with Crippen LogP contribution in [0.5, 0.6) is 0 Å². The second-order valence-electron chi connectivity index (χ2n) is 1.92. The van der Waals surface area contributed by atoms with Gasteiger partial charge in [-0.2, -0.15) is 18.2 Å². The minimum atomic E-state index is 0. The molecule has 2 aromatic carbocycles. The van der Waals surface area contributed by atoms with Gasteiger partial charge in [-0.25, -0.2) is 18.0 Å². The molecule has 0 amide bonds. The molecule has 2 aromatic rings. The summed E-state index contributed by atoms with van der Waals surface area (Å²) in [5.41, 5.74) is 0. The van der Waals surface area contributed by atoms with Crippen molar-refractivity contribution in [2.75, 3.05) is 0 Å². The van der Waals surface area contributed by atoms with Gasteiger partial charge in [0.2, 0.25) is 0 Å². The van der Waals surface area contributed by atoms with Gasteiger partial charge in [-0.3, -0.25) is 0 Å². The molecule has 0 radical (unpaired) electrons. The third kappa shape index (κ3) is 11.1. The zero-order chi connectivity index (χ0) is 9.07. The molecule has 0 fully saturated rings. The molecule has 0 aliphatic carbocycles. The average molecular weight is 219 g/mol. The second-order valence-corrected chi connectivity index (χ2v) is 1.92. The fourth-order valence-corrected chi connectivity index (χ4v) is 0.642. The van der Waals surface area contributed by atoms with E-state index >= 15 is 0 Å². The Morgan fingerprint density at radius 2 is 1.08 bits per heavy atom. The van der Waals surface area contributed by atoms with Crippen molar-refractivity contribution in [1.82, 2.24) is 0 Å². The Hall–Kier alpha value is -0.861. The van der Waals surface area contributed by atoms with Crippen LogP contribution < -0.4 is 5.90 Å². The van der Waals surface area contributed by atoms with Crippen LogP contribution in [0.3, 0.4) is 0 Å². The van der Waals surface area contributed by atoms with E-state index < -0.39 is 0 Å². The van der Waals surface area contributed by atoms with E-state index in [1.807, 2.05) is 60.7 Å². The van der Waals surface area contributed by atoms with Gasteiger partial charge in [0.15, 0.2) is 0 Å². The predicted molar refractivity (Wildman–Crippen MR) is 50.0 cm³/mol. The van der Waals surface area contributed by atoms with Crippen molar-refractivity contribution in [1.29, 1.82) is 0 Å². The van der Waals surface area contributed by atoms with E-state index in [9.17, 15) is 0 Å². The monoisotopic (exact) mass is 219 g/mol. The maximum Gasteiger partial charge on any atom is 0 e. The molecule has 0 spiro atoms. The van der Waals surface area contributed by atoms with E-state index in [1.54, 1.807) is 0 Å². The Morgan fingerprint density at radius 3 is 1.23 bits per heavy atom. The zero-order valence-electron chi connectivity index (χ0n) is 7.15. The van der Waals surface area contributed by atoms with Gasteiger partial charge >= 0.3 is 0 Å². The molecule has 2 nitrogen and oxygen atoms in total. The minimum absolute atomic E-state index is 0. The van der Waals surface area contributed by atoms with E-state index in [-0.39, 0.29) is 17.1 Å². The normalized spacial score (nSPS) is 6.62. The van der Waals surface area contributed by atoms with Crippen molar-refractivity contribution < 1.29 is 22.3 Å². The van der Waals surface area contributed by atoms with E-state index in [0.29, 0.717) is 0 Å². The molecule has 0 aliphatic heterocycles. The molecule has 0 unspecified atom stereocenters. The molecule has 0 saturated heterocycles. The summed E-state index contributed by atoms with van der Waals surface area (Å²) in [5, 5.41) is 6.50. The Kier molecular flexibility index (Phi) is 15.5. The smallest absolute Gasteiger partial charge is 0 e. The molecule has 0 atom stereocenters. The van der Waals surface area contributed by atoms with Gasteiger partial charge in [0.25, 0.3) is 0 Å². The number of hydrogen-bond donors (Lipinski definition) is 2. The van der Waals surface area contributed by atoms with Crippen LogP contribution in [0.15, 0.2) is 60.7 Å². The topological polar surface area (TPSA) is 46.2 Å². The van der Waals surface area contributed by atoms with Gasteiger partial charge in [0.1, 0.15) is 0 Å². The van der Waals surface area contributed by atoms with Gasteiger partial charge in [0.05, 0.1) is 0 Å². The number of hydrogen-bond acceptors (Lipinski definition) is 2. The molecule has 0 bridgehead atoms. The number of rotatable bonds is 0. The van der Waals surface area contributed by atoms with Crippen LogP contribution in [-0.4, -0.2) is 5.21 Å². The molecular weight excluding hydrogens is 206 g/mol. The zero-order valence-corrected chi connectivity index (χ0v) is 8.26. The first-order valence-corrected chi connectivity index (χ1v) is 3.59. The predicted octanol–water partition coefficient (Wildman–Crippen LogP) is 2.14. The third-order valence-corrected chi connectivity index (χ3v) is 1.11. The summed E-state index contributed by atoms with van der Waals surface area (Å²) in [6.07, 6.45) is 0. The Bertz CT molecular complexity index is 154. The summed E-state index contributed by atoms with van der Waals surface area (Å²) in [6.45, 7) is 0. The van der Waals surface area contributed by atoms with Crippen molar-refractivity contribution in [3.63, 3.8) is 0 Å². The fraction of sp³-hybridized carbons (Fsp3) is 0. The van der Waals surface area contributed by atoms with Crippen molar-refractivity contribution in [2.45, 2.75) is 0 Å². The van der Waals surface area contributed by atoms with Crippen LogP contribution in [0.2, 0.25) is 0 Å². The molecule has 0 aromatic heterocycles. The molecule has 13 heavy (non-hydrogen) atoms. The summed E-state index contributed by atoms with van der Waals surface area (Å²) in [5.74, 6) is 3.50. The SMILES string of the molecule is NO.[Fe].[cH-]1[cH-][cH-][cH-][cH-]1.c1cc[cH-]c1. The van der Waals surface area contributed by atoms with Crippen LogP contribution in [0, 0.1) is 0 Å².